The molecule has 0 aliphatic heterocycles. The molecule has 0 aromatic heterocycles. The first-order valence-electron chi connectivity index (χ1n) is 3.78. The van der Waals surface area contributed by atoms with Crippen LogP contribution in [0.15, 0.2) is 24.3 Å². The standard InChI is InChI=1S/C8H7O.C2H6.W/c1-7(9)8-5-3-2-4-6-8;1-2;/h3-6H,1H3;1-2H3;/q-1;;. The molecule has 0 saturated carbocycles. The molecular weight excluding hydrogens is 320 g/mol. The molecule has 1 aromatic rings. The fourth-order valence-corrected chi connectivity index (χ4v) is 0.622. The summed E-state index contributed by atoms with van der Waals surface area (Å²) in [6.07, 6.45) is 0. The van der Waals surface area contributed by atoms with Crippen molar-refractivity contribution in [2.45, 2.75) is 20.8 Å². The molecule has 0 saturated heterocycles. The second-order valence-electron chi connectivity index (χ2n) is 1.84. The van der Waals surface area contributed by atoms with Gasteiger partial charge in [0.15, 0.2) is 0 Å². The predicted molar refractivity (Wildman–Crippen MR) is 46.6 cm³/mol. The minimum absolute atomic E-state index is 0. The molecule has 2 heteroatoms. The summed E-state index contributed by atoms with van der Waals surface area (Å²) in [6.45, 7) is 5.55. The molecule has 0 fully saturated rings. The molecule has 0 unspecified atom stereocenters. The van der Waals surface area contributed by atoms with Gasteiger partial charge in [0.1, 0.15) is 5.78 Å². The number of benzene rings is 1. The zero-order chi connectivity index (χ0) is 8.69. The Balaban J connectivity index is 0. The quantitative estimate of drug-likeness (QED) is 0.571. The van der Waals surface area contributed by atoms with E-state index in [4.69, 9.17) is 0 Å². The normalized spacial score (nSPS) is 7.25. The second kappa shape index (κ2) is 8.67. The number of carbonyl (C=O) groups is 1. The van der Waals surface area contributed by atoms with Crippen molar-refractivity contribution >= 4 is 5.78 Å². The first-order chi connectivity index (χ1) is 5.30. The van der Waals surface area contributed by atoms with Crippen LogP contribution in [0.2, 0.25) is 0 Å². The maximum atomic E-state index is 10.6. The summed E-state index contributed by atoms with van der Waals surface area (Å²) in [5.41, 5.74) is 0.744. The summed E-state index contributed by atoms with van der Waals surface area (Å²) in [6, 6.07) is 9.81. The van der Waals surface area contributed by atoms with Gasteiger partial charge in [-0.05, 0) is 6.92 Å². The minimum atomic E-state index is 0. The van der Waals surface area contributed by atoms with E-state index < -0.39 is 0 Å². The van der Waals surface area contributed by atoms with Gasteiger partial charge in [-0.25, -0.2) is 0 Å². The minimum Gasteiger partial charge on any atom is -0.297 e. The third-order valence-corrected chi connectivity index (χ3v) is 1.12. The number of carbonyl (C=O) groups excluding carboxylic acids is 1. The largest absolute Gasteiger partial charge is 0.297 e. The summed E-state index contributed by atoms with van der Waals surface area (Å²) < 4.78 is 0. The molecule has 12 heavy (non-hydrogen) atoms. The van der Waals surface area contributed by atoms with E-state index in [0.717, 1.165) is 5.56 Å². The van der Waals surface area contributed by atoms with Crippen molar-refractivity contribution in [3.05, 3.63) is 35.9 Å². The van der Waals surface area contributed by atoms with Gasteiger partial charge >= 0.3 is 0 Å². The van der Waals surface area contributed by atoms with Gasteiger partial charge in [0.05, 0.1) is 0 Å². The molecule has 1 aromatic carbocycles. The molecule has 0 heterocycles. The number of hydrogen-bond acceptors (Lipinski definition) is 1. The van der Waals surface area contributed by atoms with Crippen LogP contribution in [0.5, 0.6) is 0 Å². The maximum Gasteiger partial charge on any atom is 0.135 e. The van der Waals surface area contributed by atoms with Gasteiger partial charge in [-0.2, -0.15) is 30.3 Å². The Morgan fingerprint density at radius 2 is 1.67 bits per heavy atom. The summed E-state index contributed by atoms with van der Waals surface area (Å²) in [5.74, 6) is 0.101. The predicted octanol–water partition coefficient (Wildman–Crippen LogP) is 2.71. The van der Waals surface area contributed by atoms with E-state index in [9.17, 15) is 4.79 Å². The molecule has 0 aliphatic rings. The number of Topliss-reactive ketones (excluding diaryl/α,β-unsaturated/α-hetero) is 1. The second-order valence-corrected chi connectivity index (χ2v) is 1.84. The average molecular weight is 333 g/mol. The van der Waals surface area contributed by atoms with E-state index in [-0.39, 0.29) is 26.8 Å². The smallest absolute Gasteiger partial charge is 0.135 e. The molecule has 0 aliphatic carbocycles. The van der Waals surface area contributed by atoms with Gasteiger partial charge in [-0.15, -0.1) is 0 Å². The van der Waals surface area contributed by atoms with E-state index >= 15 is 0 Å². The van der Waals surface area contributed by atoms with Gasteiger partial charge in [0, 0.05) is 21.1 Å². The van der Waals surface area contributed by atoms with Crippen LogP contribution in [0.1, 0.15) is 31.1 Å². The maximum absolute atomic E-state index is 10.6. The molecule has 0 atom stereocenters. The van der Waals surface area contributed by atoms with Gasteiger partial charge in [0.25, 0.3) is 0 Å². The van der Waals surface area contributed by atoms with Crippen LogP contribution >= 0.6 is 0 Å². The van der Waals surface area contributed by atoms with Crippen molar-refractivity contribution < 1.29 is 25.9 Å². The van der Waals surface area contributed by atoms with Crippen LogP contribution in [-0.2, 0) is 21.1 Å². The summed E-state index contributed by atoms with van der Waals surface area (Å²) in [7, 11) is 0. The van der Waals surface area contributed by atoms with Crippen molar-refractivity contribution in [2.75, 3.05) is 0 Å². The average Bonchev–Trinajstić information content (AvgIpc) is 2.10. The fourth-order valence-electron chi connectivity index (χ4n) is 0.622. The molecule has 1 nitrogen and oxygen atoms in total. The Hall–Kier alpha value is -0.422. The van der Waals surface area contributed by atoms with E-state index in [1.54, 1.807) is 31.2 Å². The Morgan fingerprint density at radius 3 is 1.92 bits per heavy atom. The zero-order valence-electron chi connectivity index (χ0n) is 7.63. The van der Waals surface area contributed by atoms with Gasteiger partial charge in [-0.1, -0.05) is 19.4 Å². The molecule has 66 valence electrons. The van der Waals surface area contributed by atoms with E-state index in [1.807, 2.05) is 13.8 Å². The summed E-state index contributed by atoms with van der Waals surface area (Å²) in [4.78, 5) is 10.6. The number of ketones is 1. The Labute approximate surface area is 88.4 Å². The first kappa shape index (κ1) is 14.1. The van der Waals surface area contributed by atoms with Crippen molar-refractivity contribution in [2.24, 2.45) is 0 Å². The van der Waals surface area contributed by atoms with E-state index in [0.29, 0.717) is 0 Å². The Kier molecular flexibility index (Phi) is 10.2. The Bertz CT molecular complexity index is 206. The van der Waals surface area contributed by atoms with Gasteiger partial charge in [-0.3, -0.25) is 4.79 Å². The topological polar surface area (TPSA) is 17.1 Å². The molecular formula is C10H13OW-. The monoisotopic (exact) mass is 333 g/mol. The van der Waals surface area contributed by atoms with Crippen LogP contribution < -0.4 is 0 Å². The molecule has 0 amide bonds. The molecule has 0 N–H and O–H groups in total. The Morgan fingerprint density at radius 1 is 1.25 bits per heavy atom. The summed E-state index contributed by atoms with van der Waals surface area (Å²) in [5, 5.41) is 0. The van der Waals surface area contributed by atoms with Crippen LogP contribution in [0.25, 0.3) is 0 Å². The van der Waals surface area contributed by atoms with E-state index in [2.05, 4.69) is 6.07 Å². The van der Waals surface area contributed by atoms with Crippen molar-refractivity contribution in [1.29, 1.82) is 0 Å². The fraction of sp³-hybridized carbons (Fsp3) is 0.300. The summed E-state index contributed by atoms with van der Waals surface area (Å²) >= 11 is 0. The van der Waals surface area contributed by atoms with Crippen molar-refractivity contribution in [3.63, 3.8) is 0 Å². The first-order valence-corrected chi connectivity index (χ1v) is 3.78. The van der Waals surface area contributed by atoms with Gasteiger partial charge in [0.2, 0.25) is 0 Å². The van der Waals surface area contributed by atoms with Crippen LogP contribution in [-0.4, -0.2) is 5.78 Å². The van der Waals surface area contributed by atoms with Crippen LogP contribution in [0, 0.1) is 6.07 Å². The van der Waals surface area contributed by atoms with Crippen LogP contribution in [0.3, 0.4) is 0 Å². The molecule has 0 spiro atoms. The molecule has 1 rings (SSSR count). The SMILES string of the molecule is CC.CC(=O)c1cc[c-]cc1.[W]. The third kappa shape index (κ3) is 5.26. The molecule has 0 bridgehead atoms. The zero-order valence-corrected chi connectivity index (χ0v) is 10.6. The van der Waals surface area contributed by atoms with Crippen LogP contribution in [0.4, 0.5) is 0 Å². The number of hydrogen-bond donors (Lipinski definition) is 0. The van der Waals surface area contributed by atoms with Crippen molar-refractivity contribution in [1.82, 2.24) is 0 Å². The van der Waals surface area contributed by atoms with E-state index in [1.165, 1.54) is 0 Å². The van der Waals surface area contributed by atoms with Crippen molar-refractivity contribution in [3.8, 4) is 0 Å². The number of rotatable bonds is 1. The third-order valence-electron chi connectivity index (χ3n) is 1.12. The van der Waals surface area contributed by atoms with Gasteiger partial charge < -0.3 is 0 Å². The molecule has 0 radical (unpaired) electrons.